The van der Waals surface area contributed by atoms with Crippen LogP contribution < -0.4 is 15.4 Å². The van der Waals surface area contributed by atoms with Gasteiger partial charge in [0, 0.05) is 19.1 Å². The largest absolute Gasteiger partial charge is 0.492 e. The van der Waals surface area contributed by atoms with E-state index < -0.39 is 0 Å². The number of hydrogen-bond donors (Lipinski definition) is 2. The normalized spacial score (nSPS) is 16.6. The lowest BCUT2D eigenvalue weighted by Crippen LogP contribution is -2.45. The predicted molar refractivity (Wildman–Crippen MR) is 83.5 cm³/mol. The predicted octanol–water partition coefficient (Wildman–Crippen LogP) is 0.865. The van der Waals surface area contributed by atoms with Gasteiger partial charge in [-0.25, -0.2) is 0 Å². The quantitative estimate of drug-likeness (QED) is 0.732. The molecule has 1 fully saturated rings. The number of nitrogens with one attached hydrogen (secondary N) is 2. The molecule has 1 aromatic rings. The molecule has 0 radical (unpaired) electrons. The lowest BCUT2D eigenvalue weighted by Gasteiger charge is -2.31. The smallest absolute Gasteiger partial charge is 0.234 e. The average Bonchev–Trinajstić information content (AvgIpc) is 2.53. The Bertz CT molecular complexity index is 417. The standard InChI is InChI=1S/C16H25N3O2/c1-17-14-7-10-19(11-8-14)13-16(20)18-9-12-21-15-5-3-2-4-6-15/h2-6,14,17H,7-13H2,1H3,(H,18,20). The van der Waals surface area contributed by atoms with Gasteiger partial charge in [-0.2, -0.15) is 0 Å². The summed E-state index contributed by atoms with van der Waals surface area (Å²) in [5.74, 6) is 0.912. The fraction of sp³-hybridized carbons (Fsp3) is 0.562. The SMILES string of the molecule is CNC1CCN(CC(=O)NCCOc2ccccc2)CC1. The van der Waals surface area contributed by atoms with Crippen LogP contribution in [-0.4, -0.2) is 56.7 Å². The molecule has 5 heteroatoms. The summed E-state index contributed by atoms with van der Waals surface area (Å²) in [6.07, 6.45) is 2.22. The van der Waals surface area contributed by atoms with E-state index in [1.54, 1.807) is 0 Å². The number of piperidine rings is 1. The van der Waals surface area contributed by atoms with E-state index in [4.69, 9.17) is 4.74 Å². The van der Waals surface area contributed by atoms with Gasteiger partial charge in [0.1, 0.15) is 12.4 Å². The highest BCUT2D eigenvalue weighted by Crippen LogP contribution is 2.09. The van der Waals surface area contributed by atoms with Crippen LogP contribution in [0, 0.1) is 0 Å². The Balaban J connectivity index is 1.56. The summed E-state index contributed by atoms with van der Waals surface area (Å²) in [6, 6.07) is 10.2. The second-order valence-corrected chi connectivity index (χ2v) is 5.35. The van der Waals surface area contributed by atoms with E-state index >= 15 is 0 Å². The van der Waals surface area contributed by atoms with Crippen molar-refractivity contribution < 1.29 is 9.53 Å². The zero-order chi connectivity index (χ0) is 14.9. The van der Waals surface area contributed by atoms with Gasteiger partial charge in [-0.15, -0.1) is 0 Å². The molecule has 21 heavy (non-hydrogen) atoms. The van der Waals surface area contributed by atoms with Crippen LogP contribution in [0.5, 0.6) is 5.75 Å². The number of hydrogen-bond acceptors (Lipinski definition) is 4. The van der Waals surface area contributed by atoms with Gasteiger partial charge in [0.2, 0.25) is 5.91 Å². The molecule has 0 aliphatic carbocycles. The molecule has 0 unspecified atom stereocenters. The van der Waals surface area contributed by atoms with Crippen LogP contribution in [0.25, 0.3) is 0 Å². The number of nitrogens with zero attached hydrogens (tertiary/aromatic N) is 1. The van der Waals surface area contributed by atoms with Gasteiger partial charge in [0.15, 0.2) is 0 Å². The Morgan fingerprint density at radius 2 is 2.00 bits per heavy atom. The maximum absolute atomic E-state index is 11.8. The topological polar surface area (TPSA) is 53.6 Å². The van der Waals surface area contributed by atoms with Gasteiger partial charge in [0.25, 0.3) is 0 Å². The second-order valence-electron chi connectivity index (χ2n) is 5.35. The summed E-state index contributed by atoms with van der Waals surface area (Å²) in [6.45, 7) is 3.50. The molecule has 2 rings (SSSR count). The average molecular weight is 291 g/mol. The second kappa shape index (κ2) is 8.64. The molecule has 1 aliphatic rings. The Morgan fingerprint density at radius 3 is 2.67 bits per heavy atom. The molecule has 0 aromatic heterocycles. The highest BCUT2D eigenvalue weighted by molar-refractivity contribution is 5.78. The molecule has 116 valence electrons. The number of benzene rings is 1. The first-order chi connectivity index (χ1) is 10.3. The van der Waals surface area contributed by atoms with Crippen molar-refractivity contribution in [1.82, 2.24) is 15.5 Å². The minimum absolute atomic E-state index is 0.0783. The highest BCUT2D eigenvalue weighted by atomic mass is 16.5. The van der Waals surface area contributed by atoms with Crippen LogP contribution in [-0.2, 0) is 4.79 Å². The lowest BCUT2D eigenvalue weighted by molar-refractivity contribution is -0.122. The van der Waals surface area contributed by atoms with Crippen molar-refractivity contribution >= 4 is 5.91 Å². The van der Waals surface area contributed by atoms with E-state index in [1.807, 2.05) is 37.4 Å². The number of amides is 1. The third kappa shape index (κ3) is 5.73. The van der Waals surface area contributed by atoms with Gasteiger partial charge in [-0.05, 0) is 32.0 Å². The summed E-state index contributed by atoms with van der Waals surface area (Å²) in [5, 5.41) is 6.20. The first kappa shape index (κ1) is 15.8. The fourth-order valence-corrected chi connectivity index (χ4v) is 2.51. The van der Waals surface area contributed by atoms with Crippen molar-refractivity contribution in [2.24, 2.45) is 0 Å². The zero-order valence-electron chi connectivity index (χ0n) is 12.7. The maximum Gasteiger partial charge on any atom is 0.234 e. The molecule has 2 N–H and O–H groups in total. The van der Waals surface area contributed by atoms with Gasteiger partial charge in [-0.1, -0.05) is 18.2 Å². The molecular formula is C16H25N3O2. The van der Waals surface area contributed by atoms with E-state index in [1.165, 1.54) is 0 Å². The minimum Gasteiger partial charge on any atom is -0.492 e. The van der Waals surface area contributed by atoms with Crippen molar-refractivity contribution in [3.8, 4) is 5.75 Å². The van der Waals surface area contributed by atoms with Gasteiger partial charge in [0.05, 0.1) is 13.1 Å². The van der Waals surface area contributed by atoms with Crippen molar-refractivity contribution in [3.05, 3.63) is 30.3 Å². The third-order valence-electron chi connectivity index (χ3n) is 3.80. The van der Waals surface area contributed by atoms with Crippen LogP contribution in [0.15, 0.2) is 30.3 Å². The number of likely N-dealkylation sites (tertiary alicyclic amines) is 1. The van der Waals surface area contributed by atoms with E-state index in [-0.39, 0.29) is 5.91 Å². The van der Waals surface area contributed by atoms with Crippen molar-refractivity contribution in [1.29, 1.82) is 0 Å². The molecule has 1 aliphatic heterocycles. The number of rotatable bonds is 7. The van der Waals surface area contributed by atoms with Crippen LogP contribution in [0.1, 0.15) is 12.8 Å². The third-order valence-corrected chi connectivity index (χ3v) is 3.80. The molecular weight excluding hydrogens is 266 g/mol. The van der Waals surface area contributed by atoms with Gasteiger partial charge < -0.3 is 15.4 Å². The minimum atomic E-state index is 0.0783. The van der Waals surface area contributed by atoms with Crippen LogP contribution >= 0.6 is 0 Å². The molecule has 0 saturated carbocycles. The van der Waals surface area contributed by atoms with Crippen LogP contribution in [0.3, 0.4) is 0 Å². The van der Waals surface area contributed by atoms with Crippen LogP contribution in [0.2, 0.25) is 0 Å². The maximum atomic E-state index is 11.8. The molecule has 1 amide bonds. The Labute approximate surface area is 126 Å². The zero-order valence-corrected chi connectivity index (χ0v) is 12.7. The van der Waals surface area contributed by atoms with E-state index in [2.05, 4.69) is 15.5 Å². The molecule has 0 bridgehead atoms. The highest BCUT2D eigenvalue weighted by Gasteiger charge is 2.19. The van der Waals surface area contributed by atoms with Crippen molar-refractivity contribution in [3.63, 3.8) is 0 Å². The van der Waals surface area contributed by atoms with E-state index in [9.17, 15) is 4.79 Å². The lowest BCUT2D eigenvalue weighted by atomic mass is 10.1. The fourth-order valence-electron chi connectivity index (χ4n) is 2.51. The summed E-state index contributed by atoms with van der Waals surface area (Å²) in [4.78, 5) is 14.1. The Hall–Kier alpha value is -1.59. The number of carbonyl (C=O) groups is 1. The summed E-state index contributed by atoms with van der Waals surface area (Å²) in [7, 11) is 2.00. The van der Waals surface area contributed by atoms with Crippen molar-refractivity contribution in [2.75, 3.05) is 39.8 Å². The van der Waals surface area contributed by atoms with Crippen molar-refractivity contribution in [2.45, 2.75) is 18.9 Å². The monoisotopic (exact) mass is 291 g/mol. The first-order valence-corrected chi connectivity index (χ1v) is 7.62. The molecule has 1 aromatic carbocycles. The molecule has 0 spiro atoms. The summed E-state index contributed by atoms with van der Waals surface area (Å²) < 4.78 is 5.54. The summed E-state index contributed by atoms with van der Waals surface area (Å²) >= 11 is 0. The van der Waals surface area contributed by atoms with Gasteiger partial charge in [-0.3, -0.25) is 9.69 Å². The molecule has 1 heterocycles. The van der Waals surface area contributed by atoms with E-state index in [0.717, 1.165) is 31.7 Å². The Morgan fingerprint density at radius 1 is 1.29 bits per heavy atom. The molecule has 1 saturated heterocycles. The molecule has 5 nitrogen and oxygen atoms in total. The summed E-state index contributed by atoms with van der Waals surface area (Å²) in [5.41, 5.74) is 0. The van der Waals surface area contributed by atoms with Gasteiger partial charge >= 0.3 is 0 Å². The first-order valence-electron chi connectivity index (χ1n) is 7.62. The van der Waals surface area contributed by atoms with Crippen LogP contribution in [0.4, 0.5) is 0 Å². The number of carbonyl (C=O) groups excluding carboxylic acids is 1. The molecule has 0 atom stereocenters. The number of para-hydroxylation sites is 1. The number of ether oxygens (including phenoxy) is 1. The van der Waals surface area contributed by atoms with E-state index in [0.29, 0.717) is 25.7 Å². The Kier molecular flexibility index (Phi) is 6.50.